The highest BCUT2D eigenvalue weighted by Crippen LogP contribution is 2.01. The fourth-order valence-electron chi connectivity index (χ4n) is 0.975. The van der Waals surface area contributed by atoms with Crippen LogP contribution < -0.4 is 5.32 Å². The Morgan fingerprint density at radius 1 is 1.47 bits per heavy atom. The highest BCUT2D eigenvalue weighted by Gasteiger charge is 2.01. The van der Waals surface area contributed by atoms with Crippen LogP contribution in [0.2, 0.25) is 0 Å². The van der Waals surface area contributed by atoms with Gasteiger partial charge >= 0.3 is 0 Å². The summed E-state index contributed by atoms with van der Waals surface area (Å²) in [7, 11) is 0. The van der Waals surface area contributed by atoms with E-state index in [0.717, 1.165) is 5.69 Å². The number of alkyl halides is 2. The molecule has 1 aromatic rings. The van der Waals surface area contributed by atoms with Gasteiger partial charge in [0.15, 0.2) is 0 Å². The van der Waals surface area contributed by atoms with E-state index in [4.69, 9.17) is 4.74 Å². The van der Waals surface area contributed by atoms with Crippen molar-refractivity contribution in [3.05, 3.63) is 18.1 Å². The van der Waals surface area contributed by atoms with Gasteiger partial charge in [-0.25, -0.2) is 18.7 Å². The Bertz CT molecular complexity index is 296. The number of aryl methyl sites for hydroxylation is 1. The number of nitrogens with one attached hydrogen (secondary N) is 1. The number of rotatable bonds is 6. The molecule has 6 heteroatoms. The average molecular weight is 217 g/mol. The van der Waals surface area contributed by atoms with E-state index in [2.05, 4.69) is 15.3 Å². The van der Waals surface area contributed by atoms with Gasteiger partial charge in [-0.3, -0.25) is 0 Å². The van der Waals surface area contributed by atoms with Crippen LogP contribution >= 0.6 is 0 Å². The molecule has 0 amide bonds. The summed E-state index contributed by atoms with van der Waals surface area (Å²) in [6, 6.07) is 1.77. The Hall–Kier alpha value is -1.30. The van der Waals surface area contributed by atoms with Crippen molar-refractivity contribution >= 4 is 5.82 Å². The van der Waals surface area contributed by atoms with Gasteiger partial charge in [0.25, 0.3) is 6.43 Å². The molecule has 0 unspecified atom stereocenters. The summed E-state index contributed by atoms with van der Waals surface area (Å²) < 4.78 is 28.0. The maximum Gasteiger partial charge on any atom is 0.261 e. The van der Waals surface area contributed by atoms with E-state index >= 15 is 0 Å². The van der Waals surface area contributed by atoms with Crippen molar-refractivity contribution in [2.75, 3.05) is 25.1 Å². The van der Waals surface area contributed by atoms with E-state index in [1.807, 2.05) is 6.92 Å². The molecule has 0 aromatic carbocycles. The Kier molecular flexibility index (Phi) is 4.89. The fraction of sp³-hybridized carbons (Fsp3) is 0.556. The molecule has 15 heavy (non-hydrogen) atoms. The molecule has 1 aromatic heterocycles. The Labute approximate surface area is 86.7 Å². The van der Waals surface area contributed by atoms with Gasteiger partial charge in [-0.1, -0.05) is 0 Å². The molecule has 1 rings (SSSR count). The minimum Gasteiger partial charge on any atom is -0.374 e. The Morgan fingerprint density at radius 2 is 2.27 bits per heavy atom. The van der Waals surface area contributed by atoms with Crippen molar-refractivity contribution in [2.45, 2.75) is 13.3 Å². The molecule has 0 bridgehead atoms. The van der Waals surface area contributed by atoms with E-state index in [1.54, 1.807) is 6.07 Å². The third kappa shape index (κ3) is 5.21. The zero-order valence-electron chi connectivity index (χ0n) is 8.41. The minimum absolute atomic E-state index is 0.230. The van der Waals surface area contributed by atoms with Crippen molar-refractivity contribution in [3.8, 4) is 0 Å². The molecule has 84 valence electrons. The third-order valence-electron chi connectivity index (χ3n) is 1.60. The second kappa shape index (κ2) is 6.23. The lowest BCUT2D eigenvalue weighted by molar-refractivity contribution is 0.0215. The average Bonchev–Trinajstić information content (AvgIpc) is 2.17. The monoisotopic (exact) mass is 217 g/mol. The lowest BCUT2D eigenvalue weighted by atomic mass is 10.4. The van der Waals surface area contributed by atoms with E-state index < -0.39 is 13.0 Å². The predicted octanol–water partition coefficient (Wildman–Crippen LogP) is 1.48. The molecule has 0 saturated heterocycles. The molecule has 0 aliphatic carbocycles. The van der Waals surface area contributed by atoms with Crippen molar-refractivity contribution in [2.24, 2.45) is 0 Å². The van der Waals surface area contributed by atoms with Crippen LogP contribution in [0.1, 0.15) is 5.69 Å². The number of anilines is 1. The smallest absolute Gasteiger partial charge is 0.261 e. The third-order valence-corrected chi connectivity index (χ3v) is 1.60. The van der Waals surface area contributed by atoms with Crippen LogP contribution in [0.15, 0.2) is 12.4 Å². The number of halogens is 2. The fourth-order valence-corrected chi connectivity index (χ4v) is 0.975. The summed E-state index contributed by atoms with van der Waals surface area (Å²) in [6.07, 6.45) is -0.969. The van der Waals surface area contributed by atoms with Gasteiger partial charge in [-0.15, -0.1) is 0 Å². The van der Waals surface area contributed by atoms with E-state index in [-0.39, 0.29) is 6.61 Å². The molecule has 0 aliphatic rings. The van der Waals surface area contributed by atoms with Gasteiger partial charge in [-0.2, -0.15) is 0 Å². The molecular formula is C9H13F2N3O. The molecule has 0 spiro atoms. The van der Waals surface area contributed by atoms with E-state index in [1.165, 1.54) is 6.33 Å². The van der Waals surface area contributed by atoms with Crippen LogP contribution in [-0.4, -0.2) is 36.2 Å². The second-order valence-corrected chi connectivity index (χ2v) is 2.94. The Morgan fingerprint density at radius 3 is 2.93 bits per heavy atom. The van der Waals surface area contributed by atoms with Gasteiger partial charge in [0, 0.05) is 18.3 Å². The lowest BCUT2D eigenvalue weighted by Crippen LogP contribution is -2.13. The molecule has 1 N–H and O–H groups in total. The molecule has 0 fully saturated rings. The number of hydrogen-bond donors (Lipinski definition) is 1. The maximum atomic E-state index is 11.7. The lowest BCUT2D eigenvalue weighted by Gasteiger charge is -2.06. The van der Waals surface area contributed by atoms with Crippen molar-refractivity contribution in [1.82, 2.24) is 9.97 Å². The highest BCUT2D eigenvalue weighted by atomic mass is 19.3. The summed E-state index contributed by atoms with van der Waals surface area (Å²) in [5.74, 6) is 0.670. The summed E-state index contributed by atoms with van der Waals surface area (Å²) >= 11 is 0. The standard InChI is InChI=1S/C9H13F2N3O/c1-7-4-9(14-6-13-7)12-2-3-15-5-8(10)11/h4,6,8H,2-3,5H2,1H3,(H,12,13,14). The van der Waals surface area contributed by atoms with Crippen molar-refractivity contribution < 1.29 is 13.5 Å². The van der Waals surface area contributed by atoms with Crippen LogP contribution in [0.25, 0.3) is 0 Å². The van der Waals surface area contributed by atoms with Gasteiger partial charge in [0.1, 0.15) is 18.8 Å². The number of ether oxygens (including phenoxy) is 1. The summed E-state index contributed by atoms with van der Waals surface area (Å²) in [6.45, 7) is 2.00. The molecule has 0 radical (unpaired) electrons. The Balaban J connectivity index is 2.15. The van der Waals surface area contributed by atoms with Crippen molar-refractivity contribution in [3.63, 3.8) is 0 Å². The van der Waals surface area contributed by atoms with Gasteiger partial charge in [0.05, 0.1) is 6.61 Å². The van der Waals surface area contributed by atoms with Crippen LogP contribution in [-0.2, 0) is 4.74 Å². The molecule has 4 nitrogen and oxygen atoms in total. The maximum absolute atomic E-state index is 11.7. The van der Waals surface area contributed by atoms with Gasteiger partial charge < -0.3 is 10.1 Å². The molecular weight excluding hydrogens is 204 g/mol. The molecule has 0 saturated carbocycles. The molecule has 0 atom stereocenters. The first-order valence-corrected chi connectivity index (χ1v) is 4.57. The zero-order valence-corrected chi connectivity index (χ0v) is 8.41. The number of nitrogens with zero attached hydrogens (tertiary/aromatic N) is 2. The number of aromatic nitrogens is 2. The molecule has 1 heterocycles. The minimum atomic E-state index is -2.41. The quantitative estimate of drug-likeness (QED) is 0.733. The normalized spacial score (nSPS) is 10.7. The second-order valence-electron chi connectivity index (χ2n) is 2.94. The van der Waals surface area contributed by atoms with Crippen LogP contribution in [0.5, 0.6) is 0 Å². The summed E-state index contributed by atoms with van der Waals surface area (Å²) in [5.41, 5.74) is 0.848. The molecule has 0 aliphatic heterocycles. The predicted molar refractivity (Wildman–Crippen MR) is 52.1 cm³/mol. The van der Waals surface area contributed by atoms with Gasteiger partial charge in [-0.05, 0) is 6.92 Å². The summed E-state index contributed by atoms with van der Waals surface area (Å²) in [5, 5.41) is 2.94. The van der Waals surface area contributed by atoms with E-state index in [9.17, 15) is 8.78 Å². The zero-order chi connectivity index (χ0) is 11.1. The van der Waals surface area contributed by atoms with E-state index in [0.29, 0.717) is 12.4 Å². The largest absolute Gasteiger partial charge is 0.374 e. The van der Waals surface area contributed by atoms with Crippen LogP contribution in [0, 0.1) is 6.92 Å². The van der Waals surface area contributed by atoms with Crippen molar-refractivity contribution in [1.29, 1.82) is 0 Å². The topological polar surface area (TPSA) is 47.0 Å². The van der Waals surface area contributed by atoms with Crippen LogP contribution in [0.3, 0.4) is 0 Å². The first-order chi connectivity index (χ1) is 7.18. The SMILES string of the molecule is Cc1cc(NCCOCC(F)F)ncn1. The van der Waals surface area contributed by atoms with Gasteiger partial charge in [0.2, 0.25) is 0 Å². The number of hydrogen-bond acceptors (Lipinski definition) is 4. The summed E-state index contributed by atoms with van der Waals surface area (Å²) in [4.78, 5) is 7.87. The van der Waals surface area contributed by atoms with Crippen LogP contribution in [0.4, 0.5) is 14.6 Å². The first kappa shape index (κ1) is 11.8. The first-order valence-electron chi connectivity index (χ1n) is 4.57. The highest BCUT2D eigenvalue weighted by molar-refractivity contribution is 5.34.